The molecule has 0 spiro atoms. The number of rotatable bonds is 3. The molecule has 0 bridgehead atoms. The van der Waals surface area contributed by atoms with Crippen LogP contribution in [0.5, 0.6) is 0 Å². The fourth-order valence-electron chi connectivity index (χ4n) is 1.20. The van der Waals surface area contributed by atoms with E-state index in [1.807, 2.05) is 6.07 Å². The Hall–Kier alpha value is -2.37. The second-order valence-corrected chi connectivity index (χ2v) is 3.21. The van der Waals surface area contributed by atoms with Gasteiger partial charge in [0.25, 0.3) is 5.91 Å². The van der Waals surface area contributed by atoms with E-state index >= 15 is 0 Å². The highest BCUT2D eigenvalue weighted by Gasteiger charge is 2.06. The summed E-state index contributed by atoms with van der Waals surface area (Å²) in [5, 5.41) is 2.71. The maximum Gasteiger partial charge on any atom is 0.287 e. The van der Waals surface area contributed by atoms with Gasteiger partial charge in [-0.3, -0.25) is 4.79 Å². The van der Waals surface area contributed by atoms with Gasteiger partial charge in [-0.1, -0.05) is 6.07 Å². The summed E-state index contributed by atoms with van der Waals surface area (Å²) >= 11 is 0. The van der Waals surface area contributed by atoms with Gasteiger partial charge < -0.3 is 16.0 Å². The molecule has 0 atom stereocenters. The number of aromatic nitrogens is 3. The molecule has 0 aliphatic rings. The van der Waals surface area contributed by atoms with Crippen molar-refractivity contribution in [1.82, 2.24) is 20.3 Å². The number of amides is 1. The maximum atomic E-state index is 11.5. The fourth-order valence-corrected chi connectivity index (χ4v) is 1.20. The summed E-state index contributed by atoms with van der Waals surface area (Å²) in [5.41, 5.74) is 6.33. The van der Waals surface area contributed by atoms with Crippen LogP contribution in [0.25, 0.3) is 0 Å². The molecular weight excluding hydrogens is 206 g/mol. The second-order valence-electron chi connectivity index (χ2n) is 3.21. The number of carbonyl (C=O) groups is 1. The highest BCUT2D eigenvalue weighted by molar-refractivity contribution is 5.90. The molecule has 0 saturated heterocycles. The lowest BCUT2D eigenvalue weighted by Crippen LogP contribution is -2.23. The van der Waals surface area contributed by atoms with Crippen molar-refractivity contribution >= 4 is 11.7 Å². The summed E-state index contributed by atoms with van der Waals surface area (Å²) in [6, 6.07) is 3.50. The van der Waals surface area contributed by atoms with Crippen molar-refractivity contribution in [3.63, 3.8) is 0 Å². The van der Waals surface area contributed by atoms with Crippen LogP contribution < -0.4 is 11.1 Å². The third kappa shape index (κ3) is 2.35. The Morgan fingerprint density at radius 1 is 1.44 bits per heavy atom. The largest absolute Gasteiger partial charge is 0.384 e. The average molecular weight is 217 g/mol. The molecule has 82 valence electrons. The zero-order chi connectivity index (χ0) is 11.4. The second kappa shape index (κ2) is 4.43. The van der Waals surface area contributed by atoms with E-state index < -0.39 is 0 Å². The summed E-state index contributed by atoms with van der Waals surface area (Å²) in [6.45, 7) is 0.396. The van der Waals surface area contributed by atoms with E-state index in [0.717, 1.165) is 5.56 Å². The van der Waals surface area contributed by atoms with Crippen molar-refractivity contribution in [2.45, 2.75) is 6.54 Å². The van der Waals surface area contributed by atoms with Crippen LogP contribution in [0, 0.1) is 0 Å². The van der Waals surface area contributed by atoms with E-state index in [9.17, 15) is 4.79 Å². The Kier molecular flexibility index (Phi) is 2.81. The number of nitrogen functional groups attached to an aromatic ring is 1. The summed E-state index contributed by atoms with van der Waals surface area (Å²) in [7, 11) is 0. The first-order chi connectivity index (χ1) is 7.75. The molecule has 2 aromatic rings. The van der Waals surface area contributed by atoms with Gasteiger partial charge in [0.05, 0.1) is 0 Å². The van der Waals surface area contributed by atoms with Gasteiger partial charge in [0.2, 0.25) is 0 Å². The average Bonchev–Trinajstić information content (AvgIpc) is 2.81. The molecule has 6 heteroatoms. The SMILES string of the molecule is Nc1ccc(CNC(=O)c2ncc[nH]2)cn1. The lowest BCUT2D eigenvalue weighted by Gasteiger charge is -2.03. The van der Waals surface area contributed by atoms with E-state index in [1.165, 1.54) is 6.20 Å². The zero-order valence-electron chi connectivity index (χ0n) is 8.47. The normalized spacial score (nSPS) is 10.0. The topological polar surface area (TPSA) is 96.7 Å². The van der Waals surface area contributed by atoms with Crippen LogP contribution in [0.2, 0.25) is 0 Å². The smallest absolute Gasteiger partial charge is 0.287 e. The summed E-state index contributed by atoms with van der Waals surface area (Å²) < 4.78 is 0. The minimum Gasteiger partial charge on any atom is -0.384 e. The molecule has 2 aromatic heterocycles. The number of nitrogens with one attached hydrogen (secondary N) is 2. The Bertz CT molecular complexity index is 462. The third-order valence-electron chi connectivity index (χ3n) is 2.01. The Morgan fingerprint density at radius 3 is 2.94 bits per heavy atom. The lowest BCUT2D eigenvalue weighted by atomic mass is 10.3. The summed E-state index contributed by atoms with van der Waals surface area (Å²) in [5.74, 6) is 0.506. The lowest BCUT2D eigenvalue weighted by molar-refractivity contribution is 0.0941. The van der Waals surface area contributed by atoms with E-state index in [0.29, 0.717) is 18.2 Å². The van der Waals surface area contributed by atoms with Crippen LogP contribution >= 0.6 is 0 Å². The molecule has 16 heavy (non-hydrogen) atoms. The molecular formula is C10H11N5O. The zero-order valence-corrected chi connectivity index (χ0v) is 8.47. The molecule has 0 aromatic carbocycles. The number of anilines is 1. The molecule has 4 N–H and O–H groups in total. The number of hydrogen-bond donors (Lipinski definition) is 3. The van der Waals surface area contributed by atoms with Gasteiger partial charge in [-0.15, -0.1) is 0 Å². The van der Waals surface area contributed by atoms with Crippen molar-refractivity contribution in [3.05, 3.63) is 42.1 Å². The third-order valence-corrected chi connectivity index (χ3v) is 2.01. The Balaban J connectivity index is 1.93. The van der Waals surface area contributed by atoms with E-state index in [4.69, 9.17) is 5.73 Å². The minimum absolute atomic E-state index is 0.248. The predicted octanol–water partition coefficient (Wildman–Crippen LogP) is 0.317. The molecule has 0 aliphatic carbocycles. The predicted molar refractivity (Wildman–Crippen MR) is 58.4 cm³/mol. The molecule has 0 aliphatic heterocycles. The highest BCUT2D eigenvalue weighted by Crippen LogP contribution is 2.00. The molecule has 0 radical (unpaired) electrons. The van der Waals surface area contributed by atoms with Crippen LogP contribution in [0.3, 0.4) is 0 Å². The number of hydrogen-bond acceptors (Lipinski definition) is 4. The minimum atomic E-state index is -0.248. The van der Waals surface area contributed by atoms with Gasteiger partial charge in [-0.2, -0.15) is 0 Å². The Morgan fingerprint density at radius 2 is 2.31 bits per heavy atom. The Labute approximate surface area is 91.9 Å². The quantitative estimate of drug-likeness (QED) is 0.689. The first-order valence-electron chi connectivity index (χ1n) is 4.73. The van der Waals surface area contributed by atoms with E-state index in [-0.39, 0.29) is 5.91 Å². The van der Waals surface area contributed by atoms with Crippen LogP contribution in [0.4, 0.5) is 5.82 Å². The number of imidazole rings is 1. The fraction of sp³-hybridized carbons (Fsp3) is 0.100. The summed E-state index contributed by atoms with van der Waals surface area (Å²) in [6.07, 6.45) is 4.75. The highest BCUT2D eigenvalue weighted by atomic mass is 16.2. The number of nitrogens with two attached hydrogens (primary N) is 1. The molecule has 1 amide bonds. The number of H-pyrrole nitrogens is 1. The van der Waals surface area contributed by atoms with Crippen molar-refractivity contribution in [2.75, 3.05) is 5.73 Å². The molecule has 0 saturated carbocycles. The van der Waals surface area contributed by atoms with Gasteiger partial charge in [0, 0.05) is 25.1 Å². The van der Waals surface area contributed by atoms with E-state index in [1.54, 1.807) is 18.5 Å². The standard InChI is InChI=1S/C10H11N5O/c11-8-2-1-7(5-14-8)6-15-10(16)9-12-3-4-13-9/h1-5H,6H2,(H2,11,14)(H,12,13)(H,15,16). The van der Waals surface area contributed by atoms with Crippen LogP contribution in [0.15, 0.2) is 30.7 Å². The molecule has 2 rings (SSSR count). The van der Waals surface area contributed by atoms with Crippen molar-refractivity contribution in [1.29, 1.82) is 0 Å². The van der Waals surface area contributed by atoms with Gasteiger partial charge in [0.1, 0.15) is 5.82 Å². The molecule has 0 unspecified atom stereocenters. The van der Waals surface area contributed by atoms with Crippen molar-refractivity contribution in [3.8, 4) is 0 Å². The van der Waals surface area contributed by atoms with Crippen LogP contribution in [-0.2, 0) is 6.54 Å². The monoisotopic (exact) mass is 217 g/mol. The first kappa shape index (κ1) is 10.2. The molecule has 6 nitrogen and oxygen atoms in total. The van der Waals surface area contributed by atoms with Gasteiger partial charge in [-0.05, 0) is 11.6 Å². The van der Waals surface area contributed by atoms with Gasteiger partial charge in [0.15, 0.2) is 5.82 Å². The van der Waals surface area contributed by atoms with Gasteiger partial charge >= 0.3 is 0 Å². The number of carbonyl (C=O) groups excluding carboxylic acids is 1. The first-order valence-corrected chi connectivity index (χ1v) is 4.73. The van der Waals surface area contributed by atoms with Crippen molar-refractivity contribution < 1.29 is 4.79 Å². The summed E-state index contributed by atoms with van der Waals surface area (Å²) in [4.78, 5) is 22.0. The van der Waals surface area contributed by atoms with E-state index in [2.05, 4.69) is 20.3 Å². The van der Waals surface area contributed by atoms with Crippen molar-refractivity contribution in [2.24, 2.45) is 0 Å². The number of nitrogens with zero attached hydrogens (tertiary/aromatic N) is 2. The number of aromatic amines is 1. The number of pyridine rings is 1. The molecule has 0 fully saturated rings. The van der Waals surface area contributed by atoms with Crippen LogP contribution in [-0.4, -0.2) is 20.9 Å². The van der Waals surface area contributed by atoms with Gasteiger partial charge in [-0.25, -0.2) is 9.97 Å². The maximum absolute atomic E-state index is 11.5. The molecule has 2 heterocycles. The van der Waals surface area contributed by atoms with Crippen LogP contribution in [0.1, 0.15) is 16.2 Å².